The minimum Gasteiger partial charge on any atom is -0.489 e. The third-order valence-corrected chi connectivity index (χ3v) is 12.5. The molecule has 4 heterocycles. The van der Waals surface area contributed by atoms with Gasteiger partial charge in [0, 0.05) is 52.6 Å². The molecule has 0 radical (unpaired) electrons. The minimum absolute atomic E-state index is 0.118. The van der Waals surface area contributed by atoms with E-state index in [4.69, 9.17) is 33.0 Å². The molecule has 1 atom stereocenters. The zero-order chi connectivity index (χ0) is 39.4. The molecule has 1 unspecified atom stereocenters. The molecule has 2 fully saturated rings. The molecule has 3 aromatic carbocycles. The number of ether oxygens (including phenoxy) is 1. The van der Waals surface area contributed by atoms with Gasteiger partial charge in [0.05, 0.1) is 35.5 Å². The van der Waals surface area contributed by atoms with Gasteiger partial charge in [0.25, 0.3) is 0 Å². The van der Waals surface area contributed by atoms with Crippen LogP contribution in [0.4, 0.5) is 0 Å². The first-order valence-corrected chi connectivity index (χ1v) is 19.8. The average Bonchev–Trinajstić information content (AvgIpc) is 3.61. The number of piperidine rings is 2. The Labute approximate surface area is 337 Å². The van der Waals surface area contributed by atoms with Crippen molar-refractivity contribution >= 4 is 40.1 Å². The number of carboxylic acid groups (broad SMARTS) is 1. The maximum atomic E-state index is 11.8. The van der Waals surface area contributed by atoms with Crippen LogP contribution < -0.4 is 4.74 Å². The summed E-state index contributed by atoms with van der Waals surface area (Å²) in [6.07, 6.45) is 10.1. The normalized spacial score (nSPS) is 16.7. The molecule has 292 valence electrons. The Morgan fingerprint density at radius 3 is 2.43 bits per heavy atom. The van der Waals surface area contributed by atoms with E-state index >= 15 is 0 Å². The van der Waals surface area contributed by atoms with Crippen LogP contribution >= 0.6 is 23.2 Å². The molecule has 2 aliphatic heterocycles. The van der Waals surface area contributed by atoms with Gasteiger partial charge in [0.1, 0.15) is 24.5 Å². The van der Waals surface area contributed by atoms with Crippen molar-refractivity contribution in [3.05, 3.63) is 111 Å². The molecular weight excluding hydrogens is 749 g/mol. The van der Waals surface area contributed by atoms with Crippen LogP contribution in [0.25, 0.3) is 22.0 Å². The summed E-state index contributed by atoms with van der Waals surface area (Å²) in [6.45, 7) is 5.45. The van der Waals surface area contributed by atoms with Crippen molar-refractivity contribution < 1.29 is 19.7 Å². The fourth-order valence-electron chi connectivity index (χ4n) is 8.14. The average molecular weight is 797 g/mol. The van der Waals surface area contributed by atoms with E-state index in [1.165, 1.54) is 49.9 Å². The number of fused-ring (bicyclic) bond motifs is 1. The van der Waals surface area contributed by atoms with Crippen LogP contribution in [0.2, 0.25) is 10.0 Å². The Morgan fingerprint density at radius 1 is 0.964 bits per heavy atom. The second-order valence-electron chi connectivity index (χ2n) is 15.4. The third kappa shape index (κ3) is 8.71. The van der Waals surface area contributed by atoms with E-state index in [-0.39, 0.29) is 13.2 Å². The van der Waals surface area contributed by atoms with Crippen LogP contribution in [-0.4, -0.2) is 98.6 Å². The molecule has 1 spiro atoms. The van der Waals surface area contributed by atoms with Gasteiger partial charge >= 0.3 is 5.97 Å². The van der Waals surface area contributed by atoms with E-state index < -0.39 is 18.6 Å². The monoisotopic (exact) mass is 795 g/mol. The zero-order valence-electron chi connectivity index (χ0n) is 31.8. The Balaban J connectivity index is 1.13. The predicted molar refractivity (Wildman–Crippen MR) is 218 cm³/mol. The number of nitriles is 1. The number of likely N-dealkylation sites (N-methyl/N-ethyl adjacent to an activating group) is 1. The second-order valence-corrected chi connectivity index (χ2v) is 16.2. The topological polar surface area (TPSA) is 131 Å². The molecule has 2 aliphatic rings. The first-order chi connectivity index (χ1) is 27.1. The van der Waals surface area contributed by atoms with Gasteiger partial charge in [-0.2, -0.15) is 10.4 Å². The molecule has 13 heteroatoms. The number of aliphatic carboxylic acids is 1. The highest BCUT2D eigenvalue weighted by molar-refractivity contribution is 6.34. The Morgan fingerprint density at radius 2 is 1.70 bits per heavy atom. The predicted octanol–water partition coefficient (Wildman–Crippen LogP) is 7.09. The highest BCUT2D eigenvalue weighted by atomic mass is 35.5. The number of likely N-dealkylation sites (tertiary alicyclic amines) is 2. The SMILES string of the molecule is CN1CCC2(CC1)CCN(Cc1cccc(-c3cccc4c3cnn4Cc3cc(OCc4cncc(C#N)c4)c(CN(C)C(CO)C(=O)O)cc3Cl)c1Cl)CC2. The molecule has 0 aliphatic carbocycles. The first kappa shape index (κ1) is 39.7. The first-order valence-electron chi connectivity index (χ1n) is 19.0. The number of aromatic nitrogens is 3. The molecule has 0 amide bonds. The number of benzene rings is 3. The summed E-state index contributed by atoms with van der Waals surface area (Å²) in [5, 5.41) is 35.7. The molecule has 11 nitrogen and oxygen atoms in total. The molecule has 2 saturated heterocycles. The van der Waals surface area contributed by atoms with Crippen LogP contribution in [0.3, 0.4) is 0 Å². The molecule has 2 aromatic heterocycles. The molecule has 0 bridgehead atoms. The zero-order valence-corrected chi connectivity index (χ0v) is 33.3. The van der Waals surface area contributed by atoms with E-state index in [2.05, 4.69) is 52.2 Å². The summed E-state index contributed by atoms with van der Waals surface area (Å²) in [6, 6.07) is 18.7. The van der Waals surface area contributed by atoms with Crippen LogP contribution in [0, 0.1) is 16.7 Å². The Hall–Kier alpha value is -4.54. The van der Waals surface area contributed by atoms with Crippen molar-refractivity contribution in [2.45, 2.75) is 58.0 Å². The minimum atomic E-state index is -1.14. The molecule has 7 rings (SSSR count). The van der Waals surface area contributed by atoms with Gasteiger partial charge in [0.2, 0.25) is 0 Å². The maximum absolute atomic E-state index is 11.8. The fraction of sp³-hybridized carbons (Fsp3) is 0.395. The molecule has 5 aromatic rings. The largest absolute Gasteiger partial charge is 0.489 e. The Kier molecular flexibility index (Phi) is 12.3. The van der Waals surface area contributed by atoms with Crippen LogP contribution in [0.5, 0.6) is 5.75 Å². The number of pyridine rings is 1. The number of aliphatic hydroxyl groups excluding tert-OH is 1. The number of nitrogens with zero attached hydrogens (tertiary/aromatic N) is 7. The van der Waals surface area contributed by atoms with Crippen LogP contribution in [0.1, 0.15) is 53.5 Å². The number of hydrogen-bond donors (Lipinski definition) is 2. The van der Waals surface area contributed by atoms with E-state index in [0.29, 0.717) is 39.4 Å². The van der Waals surface area contributed by atoms with Gasteiger partial charge in [-0.15, -0.1) is 0 Å². The van der Waals surface area contributed by atoms with Crippen molar-refractivity contribution in [2.24, 2.45) is 5.41 Å². The van der Waals surface area contributed by atoms with Gasteiger partial charge < -0.3 is 19.8 Å². The molecular formula is C43H47Cl2N7O4. The summed E-state index contributed by atoms with van der Waals surface area (Å²) in [5.74, 6) is -0.656. The van der Waals surface area contributed by atoms with Gasteiger partial charge in [-0.3, -0.25) is 24.3 Å². The lowest BCUT2D eigenvalue weighted by Crippen LogP contribution is -2.45. The summed E-state index contributed by atoms with van der Waals surface area (Å²) >= 11 is 14.2. The van der Waals surface area contributed by atoms with Crippen molar-refractivity contribution in [3.8, 4) is 22.9 Å². The number of carbonyl (C=O) groups is 1. The Bertz CT molecular complexity index is 2240. The van der Waals surface area contributed by atoms with Crippen LogP contribution in [0.15, 0.2) is 73.2 Å². The summed E-state index contributed by atoms with van der Waals surface area (Å²) in [4.78, 5) is 22.5. The van der Waals surface area contributed by atoms with E-state index in [9.17, 15) is 20.3 Å². The highest BCUT2D eigenvalue weighted by Crippen LogP contribution is 2.42. The van der Waals surface area contributed by atoms with Gasteiger partial charge in [-0.1, -0.05) is 53.5 Å². The number of halogens is 2. The summed E-state index contributed by atoms with van der Waals surface area (Å²) in [5.41, 5.74) is 7.00. The fourth-order valence-corrected chi connectivity index (χ4v) is 8.68. The van der Waals surface area contributed by atoms with Crippen molar-refractivity contribution in [3.63, 3.8) is 0 Å². The number of aliphatic hydroxyl groups is 1. The number of rotatable bonds is 13. The number of hydrogen-bond acceptors (Lipinski definition) is 9. The third-order valence-electron chi connectivity index (χ3n) is 11.7. The lowest BCUT2D eigenvalue weighted by Gasteiger charge is -2.46. The van der Waals surface area contributed by atoms with Crippen molar-refractivity contribution in [1.82, 2.24) is 29.5 Å². The quantitative estimate of drug-likeness (QED) is 0.127. The molecule has 56 heavy (non-hydrogen) atoms. The standard InChI is InChI=1S/C43H47Cl2N7O4/c1-49-13-9-43(10-14-49)11-15-51(16-12-43)25-31-5-3-7-35(41(31)45)34-6-4-8-38-36(34)23-48-52(38)26-32-19-40(56-28-30-17-29(20-46)21-47-22-30)33(18-37(32)44)24-50(2)39(27-53)42(54)55/h3-8,17-19,21-23,39,53H,9-16,24-28H2,1-2H3,(H,54,55). The van der Waals surface area contributed by atoms with E-state index in [1.807, 2.05) is 29.1 Å². The molecule has 0 saturated carbocycles. The summed E-state index contributed by atoms with van der Waals surface area (Å²) in [7, 11) is 3.85. The van der Waals surface area contributed by atoms with Crippen molar-refractivity contribution in [1.29, 1.82) is 5.26 Å². The van der Waals surface area contributed by atoms with Gasteiger partial charge in [0.15, 0.2) is 0 Å². The smallest absolute Gasteiger partial charge is 0.323 e. The highest BCUT2D eigenvalue weighted by Gasteiger charge is 2.37. The molecule has 2 N–H and O–H groups in total. The lowest BCUT2D eigenvalue weighted by molar-refractivity contribution is -0.144. The van der Waals surface area contributed by atoms with E-state index in [0.717, 1.165) is 57.8 Å². The van der Waals surface area contributed by atoms with E-state index in [1.54, 1.807) is 25.4 Å². The lowest BCUT2D eigenvalue weighted by atomic mass is 9.71. The van der Waals surface area contributed by atoms with Gasteiger partial charge in [-0.25, -0.2) is 0 Å². The van der Waals surface area contributed by atoms with Gasteiger partial charge in [-0.05, 0) is 112 Å². The second kappa shape index (κ2) is 17.3. The maximum Gasteiger partial charge on any atom is 0.323 e. The van der Waals surface area contributed by atoms with Crippen LogP contribution in [-0.2, 0) is 31.0 Å². The summed E-state index contributed by atoms with van der Waals surface area (Å²) < 4.78 is 8.19. The number of carboxylic acids is 1. The van der Waals surface area contributed by atoms with Crippen molar-refractivity contribution in [2.75, 3.05) is 46.9 Å².